The maximum Gasteiger partial charge on any atom is 0.118 e. The molecule has 2 rings (SSSR count). The van der Waals surface area contributed by atoms with Crippen LogP contribution in [0.25, 0.3) is 0 Å². The minimum atomic E-state index is 0.417. The number of hydrogen-bond donors (Lipinski definition) is 1. The molecule has 1 atom stereocenters. The van der Waals surface area contributed by atoms with Gasteiger partial charge in [0.25, 0.3) is 0 Å². The van der Waals surface area contributed by atoms with Crippen LogP contribution in [0, 0.1) is 0 Å². The van der Waals surface area contributed by atoms with Gasteiger partial charge < -0.3 is 15.0 Å². The van der Waals surface area contributed by atoms with Crippen LogP contribution in [0.3, 0.4) is 0 Å². The third kappa shape index (κ3) is 3.61. The van der Waals surface area contributed by atoms with E-state index in [1.807, 2.05) is 12.1 Å². The molecule has 1 aliphatic heterocycles. The molecular formula is C14H21ClN2O. The number of hydrogen-bond acceptors (Lipinski definition) is 3. The van der Waals surface area contributed by atoms with E-state index < -0.39 is 0 Å². The number of methoxy groups -OCH3 is 1. The second kappa shape index (κ2) is 6.98. The van der Waals surface area contributed by atoms with Gasteiger partial charge in [-0.05, 0) is 30.7 Å². The van der Waals surface area contributed by atoms with Gasteiger partial charge in [-0.25, -0.2) is 0 Å². The first-order chi connectivity index (χ1) is 8.83. The average molecular weight is 269 g/mol. The van der Waals surface area contributed by atoms with Crippen molar-refractivity contribution in [2.75, 3.05) is 39.2 Å². The molecule has 1 aliphatic rings. The van der Waals surface area contributed by atoms with Crippen molar-refractivity contribution >= 4 is 11.6 Å². The van der Waals surface area contributed by atoms with E-state index in [4.69, 9.17) is 16.3 Å². The lowest BCUT2D eigenvalue weighted by Gasteiger charge is -2.33. The SMILES string of the molecule is COc1ccc(C2CN(CCCCl)CCN2)cc1. The summed E-state index contributed by atoms with van der Waals surface area (Å²) in [6, 6.07) is 8.74. The van der Waals surface area contributed by atoms with Gasteiger partial charge in [0.1, 0.15) is 5.75 Å². The molecular weight excluding hydrogens is 248 g/mol. The zero-order valence-electron chi connectivity index (χ0n) is 10.9. The number of halogens is 1. The Morgan fingerprint density at radius 1 is 1.39 bits per heavy atom. The van der Waals surface area contributed by atoms with Gasteiger partial charge in [0, 0.05) is 31.6 Å². The van der Waals surface area contributed by atoms with Crippen LogP contribution in [-0.4, -0.2) is 44.1 Å². The summed E-state index contributed by atoms with van der Waals surface area (Å²) in [6.45, 7) is 4.31. The standard InChI is InChI=1S/C14H21ClN2O/c1-18-13-5-3-12(4-6-13)14-11-17(9-2-7-15)10-8-16-14/h3-6,14,16H,2,7-11H2,1H3. The topological polar surface area (TPSA) is 24.5 Å². The molecule has 0 amide bonds. The predicted octanol–water partition coefficient (Wildman–Crippen LogP) is 2.27. The zero-order valence-corrected chi connectivity index (χ0v) is 11.6. The molecule has 0 bridgehead atoms. The minimum absolute atomic E-state index is 0.417. The molecule has 1 unspecified atom stereocenters. The van der Waals surface area contributed by atoms with Gasteiger partial charge in [0.2, 0.25) is 0 Å². The van der Waals surface area contributed by atoms with Crippen molar-refractivity contribution in [2.45, 2.75) is 12.5 Å². The van der Waals surface area contributed by atoms with Gasteiger partial charge in [-0.3, -0.25) is 0 Å². The highest BCUT2D eigenvalue weighted by molar-refractivity contribution is 6.17. The van der Waals surface area contributed by atoms with Crippen molar-refractivity contribution in [3.8, 4) is 5.75 Å². The summed E-state index contributed by atoms with van der Waals surface area (Å²) in [5, 5.41) is 3.56. The fourth-order valence-electron chi connectivity index (χ4n) is 2.36. The molecule has 0 aliphatic carbocycles. The molecule has 100 valence electrons. The summed E-state index contributed by atoms with van der Waals surface area (Å²) >= 11 is 5.75. The number of piperazine rings is 1. The maximum absolute atomic E-state index is 5.75. The Bertz CT molecular complexity index is 355. The Hall–Kier alpha value is -0.770. The predicted molar refractivity (Wildman–Crippen MR) is 75.5 cm³/mol. The lowest BCUT2D eigenvalue weighted by molar-refractivity contribution is 0.201. The molecule has 1 saturated heterocycles. The van der Waals surface area contributed by atoms with Crippen LogP contribution >= 0.6 is 11.6 Å². The molecule has 1 heterocycles. The first-order valence-corrected chi connectivity index (χ1v) is 7.02. The Balaban J connectivity index is 1.94. The Labute approximate surface area is 114 Å². The van der Waals surface area contributed by atoms with E-state index in [1.165, 1.54) is 5.56 Å². The van der Waals surface area contributed by atoms with E-state index in [-0.39, 0.29) is 0 Å². The second-order valence-corrected chi connectivity index (χ2v) is 5.00. The average Bonchev–Trinajstić information content (AvgIpc) is 2.45. The first-order valence-electron chi connectivity index (χ1n) is 6.49. The van der Waals surface area contributed by atoms with E-state index in [9.17, 15) is 0 Å². The van der Waals surface area contributed by atoms with Gasteiger partial charge in [0.05, 0.1) is 7.11 Å². The van der Waals surface area contributed by atoms with Crippen molar-refractivity contribution in [1.29, 1.82) is 0 Å². The van der Waals surface area contributed by atoms with Crippen molar-refractivity contribution in [3.05, 3.63) is 29.8 Å². The van der Waals surface area contributed by atoms with Crippen LogP contribution in [0.15, 0.2) is 24.3 Å². The lowest BCUT2D eigenvalue weighted by Crippen LogP contribution is -2.46. The first kappa shape index (κ1) is 13.7. The van der Waals surface area contributed by atoms with Crippen LogP contribution in [0.4, 0.5) is 0 Å². The largest absolute Gasteiger partial charge is 0.497 e. The van der Waals surface area contributed by atoms with Gasteiger partial charge in [0.15, 0.2) is 0 Å². The Morgan fingerprint density at radius 3 is 2.83 bits per heavy atom. The summed E-state index contributed by atoms with van der Waals surface area (Å²) in [5.41, 5.74) is 1.33. The fraction of sp³-hybridized carbons (Fsp3) is 0.571. The quantitative estimate of drug-likeness (QED) is 0.830. The molecule has 0 aromatic heterocycles. The molecule has 4 heteroatoms. The van der Waals surface area contributed by atoms with Crippen molar-refractivity contribution in [2.24, 2.45) is 0 Å². The van der Waals surface area contributed by atoms with Gasteiger partial charge in [-0.15, -0.1) is 11.6 Å². The highest BCUT2D eigenvalue weighted by Gasteiger charge is 2.20. The summed E-state index contributed by atoms with van der Waals surface area (Å²) in [6.07, 6.45) is 1.07. The van der Waals surface area contributed by atoms with Crippen LogP contribution in [0.2, 0.25) is 0 Å². The van der Waals surface area contributed by atoms with E-state index in [0.29, 0.717) is 6.04 Å². The molecule has 0 radical (unpaired) electrons. The number of ether oxygens (including phenoxy) is 1. The summed E-state index contributed by atoms with van der Waals surface area (Å²) in [5.74, 6) is 1.66. The summed E-state index contributed by atoms with van der Waals surface area (Å²) in [4.78, 5) is 2.48. The van der Waals surface area contributed by atoms with Crippen molar-refractivity contribution in [3.63, 3.8) is 0 Å². The molecule has 1 aromatic carbocycles. The third-order valence-corrected chi connectivity index (χ3v) is 3.65. The normalized spacial score (nSPS) is 20.9. The number of rotatable bonds is 5. The van der Waals surface area contributed by atoms with E-state index in [2.05, 4.69) is 22.3 Å². The summed E-state index contributed by atoms with van der Waals surface area (Å²) < 4.78 is 5.19. The van der Waals surface area contributed by atoms with Gasteiger partial charge >= 0.3 is 0 Å². The number of nitrogens with one attached hydrogen (secondary N) is 1. The molecule has 0 saturated carbocycles. The van der Waals surface area contributed by atoms with E-state index in [0.717, 1.165) is 44.2 Å². The Morgan fingerprint density at radius 2 is 2.17 bits per heavy atom. The number of benzene rings is 1. The molecule has 1 N–H and O–H groups in total. The van der Waals surface area contributed by atoms with Gasteiger partial charge in [-0.2, -0.15) is 0 Å². The molecule has 3 nitrogen and oxygen atoms in total. The zero-order chi connectivity index (χ0) is 12.8. The van der Waals surface area contributed by atoms with E-state index >= 15 is 0 Å². The van der Waals surface area contributed by atoms with Crippen LogP contribution in [0.1, 0.15) is 18.0 Å². The van der Waals surface area contributed by atoms with Crippen LogP contribution in [-0.2, 0) is 0 Å². The summed E-state index contributed by atoms with van der Waals surface area (Å²) in [7, 11) is 1.70. The Kier molecular flexibility index (Phi) is 5.29. The second-order valence-electron chi connectivity index (χ2n) is 4.62. The maximum atomic E-state index is 5.75. The molecule has 1 fully saturated rings. The van der Waals surface area contributed by atoms with E-state index in [1.54, 1.807) is 7.11 Å². The molecule has 0 spiro atoms. The monoisotopic (exact) mass is 268 g/mol. The molecule has 18 heavy (non-hydrogen) atoms. The smallest absolute Gasteiger partial charge is 0.118 e. The fourth-order valence-corrected chi connectivity index (χ4v) is 2.48. The number of nitrogens with zero attached hydrogens (tertiary/aromatic N) is 1. The van der Waals surface area contributed by atoms with Crippen LogP contribution in [0.5, 0.6) is 5.75 Å². The van der Waals surface area contributed by atoms with Crippen LogP contribution < -0.4 is 10.1 Å². The number of alkyl halides is 1. The highest BCUT2D eigenvalue weighted by atomic mass is 35.5. The lowest BCUT2D eigenvalue weighted by atomic mass is 10.0. The van der Waals surface area contributed by atoms with Crippen molar-refractivity contribution < 1.29 is 4.74 Å². The minimum Gasteiger partial charge on any atom is -0.497 e. The molecule has 1 aromatic rings. The van der Waals surface area contributed by atoms with Crippen molar-refractivity contribution in [1.82, 2.24) is 10.2 Å². The van der Waals surface area contributed by atoms with Gasteiger partial charge in [-0.1, -0.05) is 12.1 Å². The third-order valence-electron chi connectivity index (χ3n) is 3.39. The highest BCUT2D eigenvalue weighted by Crippen LogP contribution is 2.20.